The molecule has 0 fully saturated rings. The molecule has 0 amide bonds. The molecule has 1 heterocycles. The van der Waals surface area contributed by atoms with Crippen molar-refractivity contribution in [1.29, 1.82) is 0 Å². The van der Waals surface area contributed by atoms with E-state index in [1.54, 1.807) is 11.3 Å². The number of hydrogen-bond acceptors (Lipinski definition) is 2. The molecule has 0 N–H and O–H groups in total. The molecule has 0 saturated heterocycles. The second kappa shape index (κ2) is 2.78. The molecule has 0 spiro atoms. The van der Waals surface area contributed by atoms with Gasteiger partial charge in [0.1, 0.15) is 0 Å². The van der Waals surface area contributed by atoms with Crippen molar-refractivity contribution in [3.8, 4) is 0 Å². The van der Waals surface area contributed by atoms with Crippen molar-refractivity contribution in [3.05, 3.63) is 16.3 Å². The zero-order valence-corrected chi connectivity index (χ0v) is 6.40. The van der Waals surface area contributed by atoms with Gasteiger partial charge >= 0.3 is 0 Å². The molecule has 0 radical (unpaired) electrons. The van der Waals surface area contributed by atoms with Gasteiger partial charge in [-0.25, -0.2) is 0 Å². The van der Waals surface area contributed by atoms with Gasteiger partial charge in [0.25, 0.3) is 0 Å². The maximum absolute atomic E-state index is 4.11. The lowest BCUT2D eigenvalue weighted by Crippen LogP contribution is -1.55. The third kappa shape index (κ3) is 1.64. The zero-order valence-electron chi connectivity index (χ0n) is 5.59. The summed E-state index contributed by atoms with van der Waals surface area (Å²) in [6, 6.07) is 2.07. The van der Waals surface area contributed by atoms with Crippen molar-refractivity contribution < 1.29 is 0 Å². The fourth-order valence-electron chi connectivity index (χ4n) is 0.646. The Balaban J connectivity index is 2.85. The van der Waals surface area contributed by atoms with E-state index >= 15 is 0 Å². The SMILES string of the molecule is CC=Nc1csc(C)c1. The normalized spacial score (nSPS) is 10.9. The van der Waals surface area contributed by atoms with Crippen LogP contribution in [0.1, 0.15) is 11.8 Å². The average molecular weight is 139 g/mol. The van der Waals surface area contributed by atoms with E-state index < -0.39 is 0 Å². The fourth-order valence-corrected chi connectivity index (χ4v) is 1.27. The lowest BCUT2D eigenvalue weighted by molar-refractivity contribution is 1.55. The Morgan fingerprint density at radius 3 is 2.89 bits per heavy atom. The first-order valence-corrected chi connectivity index (χ1v) is 3.74. The van der Waals surface area contributed by atoms with Gasteiger partial charge in [-0.3, -0.25) is 4.99 Å². The molecule has 9 heavy (non-hydrogen) atoms. The summed E-state index contributed by atoms with van der Waals surface area (Å²) in [6.45, 7) is 4.01. The van der Waals surface area contributed by atoms with Gasteiger partial charge in [-0.15, -0.1) is 11.3 Å². The predicted octanol–water partition coefficient (Wildman–Crippen LogP) is 2.78. The minimum absolute atomic E-state index is 1.07. The minimum Gasteiger partial charge on any atom is -0.261 e. The average Bonchev–Trinajstić information content (AvgIpc) is 2.17. The van der Waals surface area contributed by atoms with E-state index in [1.165, 1.54) is 4.88 Å². The first kappa shape index (κ1) is 6.49. The van der Waals surface area contributed by atoms with E-state index in [0.29, 0.717) is 0 Å². The van der Waals surface area contributed by atoms with Crippen LogP contribution in [0.4, 0.5) is 5.69 Å². The molecule has 2 heteroatoms. The molecule has 0 unspecified atom stereocenters. The monoisotopic (exact) mass is 139 g/mol. The molecular weight excluding hydrogens is 130 g/mol. The van der Waals surface area contributed by atoms with E-state index in [9.17, 15) is 0 Å². The zero-order chi connectivity index (χ0) is 6.69. The van der Waals surface area contributed by atoms with Crippen LogP contribution in [0.15, 0.2) is 16.4 Å². The van der Waals surface area contributed by atoms with Crippen LogP contribution in [-0.2, 0) is 0 Å². The Morgan fingerprint density at radius 2 is 2.44 bits per heavy atom. The number of nitrogens with zero attached hydrogens (tertiary/aromatic N) is 1. The standard InChI is InChI=1S/C7H9NS/c1-3-8-7-4-6(2)9-5-7/h3-5H,1-2H3. The molecule has 0 aromatic carbocycles. The third-order valence-corrected chi connectivity index (χ3v) is 1.84. The van der Waals surface area contributed by atoms with Gasteiger partial charge in [0.05, 0.1) is 5.69 Å². The second-order valence-corrected chi connectivity index (χ2v) is 2.92. The highest BCUT2D eigenvalue weighted by atomic mass is 32.1. The van der Waals surface area contributed by atoms with Gasteiger partial charge in [0, 0.05) is 16.5 Å². The lowest BCUT2D eigenvalue weighted by atomic mass is 10.5. The van der Waals surface area contributed by atoms with Crippen LogP contribution in [0.2, 0.25) is 0 Å². The molecule has 0 saturated carbocycles. The van der Waals surface area contributed by atoms with E-state index in [4.69, 9.17) is 0 Å². The van der Waals surface area contributed by atoms with Crippen LogP contribution in [0.5, 0.6) is 0 Å². The highest BCUT2D eigenvalue weighted by molar-refractivity contribution is 7.10. The highest BCUT2D eigenvalue weighted by Crippen LogP contribution is 2.19. The molecule has 0 atom stereocenters. The molecule has 1 aromatic rings. The van der Waals surface area contributed by atoms with Crippen molar-refractivity contribution in [2.45, 2.75) is 13.8 Å². The van der Waals surface area contributed by atoms with Gasteiger partial charge in [-0.05, 0) is 19.9 Å². The number of thiophene rings is 1. The topological polar surface area (TPSA) is 12.4 Å². The molecule has 1 rings (SSSR count). The molecule has 0 aliphatic rings. The Bertz CT molecular complexity index is 212. The minimum atomic E-state index is 1.07. The van der Waals surface area contributed by atoms with Crippen molar-refractivity contribution >= 4 is 23.2 Å². The Hall–Kier alpha value is -0.630. The van der Waals surface area contributed by atoms with Crippen LogP contribution in [0.3, 0.4) is 0 Å². The highest BCUT2D eigenvalue weighted by Gasteiger charge is 1.88. The van der Waals surface area contributed by atoms with E-state index in [1.807, 2.05) is 13.1 Å². The molecular formula is C7H9NS. The van der Waals surface area contributed by atoms with Gasteiger partial charge in [-0.1, -0.05) is 0 Å². The quantitative estimate of drug-likeness (QED) is 0.530. The second-order valence-electron chi connectivity index (χ2n) is 1.80. The number of aryl methyl sites for hydroxylation is 1. The van der Waals surface area contributed by atoms with Gasteiger partial charge in [0.2, 0.25) is 0 Å². The Morgan fingerprint density at radius 1 is 1.67 bits per heavy atom. The summed E-state index contributed by atoms with van der Waals surface area (Å²) < 4.78 is 0. The van der Waals surface area contributed by atoms with E-state index in [0.717, 1.165) is 5.69 Å². The van der Waals surface area contributed by atoms with Crippen LogP contribution in [0, 0.1) is 6.92 Å². The van der Waals surface area contributed by atoms with Crippen LogP contribution in [0.25, 0.3) is 0 Å². The first-order valence-electron chi connectivity index (χ1n) is 2.87. The molecule has 48 valence electrons. The maximum atomic E-state index is 4.11. The third-order valence-electron chi connectivity index (χ3n) is 0.995. The summed E-state index contributed by atoms with van der Waals surface area (Å²) in [5.41, 5.74) is 1.07. The smallest absolute Gasteiger partial charge is 0.0735 e. The van der Waals surface area contributed by atoms with Crippen molar-refractivity contribution in [1.82, 2.24) is 0 Å². The van der Waals surface area contributed by atoms with Crippen molar-refractivity contribution in [2.75, 3.05) is 0 Å². The summed E-state index contributed by atoms with van der Waals surface area (Å²) in [5.74, 6) is 0. The van der Waals surface area contributed by atoms with Crippen LogP contribution >= 0.6 is 11.3 Å². The summed E-state index contributed by atoms with van der Waals surface area (Å²) in [7, 11) is 0. The summed E-state index contributed by atoms with van der Waals surface area (Å²) in [4.78, 5) is 5.43. The molecule has 1 nitrogen and oxygen atoms in total. The van der Waals surface area contributed by atoms with Crippen LogP contribution in [-0.4, -0.2) is 6.21 Å². The van der Waals surface area contributed by atoms with Crippen molar-refractivity contribution in [3.63, 3.8) is 0 Å². The lowest BCUT2D eigenvalue weighted by Gasteiger charge is -1.77. The largest absolute Gasteiger partial charge is 0.261 e. The van der Waals surface area contributed by atoms with Crippen LogP contribution < -0.4 is 0 Å². The summed E-state index contributed by atoms with van der Waals surface area (Å²) in [6.07, 6.45) is 1.81. The molecule has 1 aromatic heterocycles. The number of hydrogen-bond donors (Lipinski definition) is 0. The maximum Gasteiger partial charge on any atom is 0.0735 e. The van der Waals surface area contributed by atoms with E-state index in [2.05, 4.69) is 23.4 Å². The van der Waals surface area contributed by atoms with Gasteiger partial charge < -0.3 is 0 Å². The molecule has 0 bridgehead atoms. The molecule has 0 aliphatic heterocycles. The number of rotatable bonds is 1. The predicted molar refractivity (Wildman–Crippen MR) is 42.9 cm³/mol. The Labute approximate surface area is 59.1 Å². The van der Waals surface area contributed by atoms with Gasteiger partial charge in [0.15, 0.2) is 0 Å². The number of aliphatic imine (C=N–C) groups is 1. The fraction of sp³-hybridized carbons (Fsp3) is 0.286. The van der Waals surface area contributed by atoms with Crippen molar-refractivity contribution in [2.24, 2.45) is 4.99 Å². The Kier molecular flexibility index (Phi) is 2.01. The summed E-state index contributed by atoms with van der Waals surface area (Å²) >= 11 is 1.73. The first-order chi connectivity index (χ1) is 4.33. The summed E-state index contributed by atoms with van der Waals surface area (Å²) in [5, 5.41) is 2.05. The van der Waals surface area contributed by atoms with Gasteiger partial charge in [-0.2, -0.15) is 0 Å². The van der Waals surface area contributed by atoms with E-state index in [-0.39, 0.29) is 0 Å². The molecule has 0 aliphatic carbocycles.